The zero-order valence-electron chi connectivity index (χ0n) is 10.2. The number of benzene rings is 1. The highest BCUT2D eigenvalue weighted by molar-refractivity contribution is 7.14. The SMILES string of the molecule is Fc1cccc(F)c1-c1csc(N2CCNCC2)n1. The number of piperazine rings is 1. The molecular formula is C13H13F2N3S. The summed E-state index contributed by atoms with van der Waals surface area (Å²) in [5.41, 5.74) is 0.328. The van der Waals surface area contributed by atoms with E-state index in [0.717, 1.165) is 31.3 Å². The van der Waals surface area contributed by atoms with Crippen LogP contribution in [0.4, 0.5) is 13.9 Å². The fourth-order valence-electron chi connectivity index (χ4n) is 2.12. The van der Waals surface area contributed by atoms with Crippen molar-refractivity contribution in [2.45, 2.75) is 0 Å². The van der Waals surface area contributed by atoms with E-state index in [0.29, 0.717) is 5.69 Å². The van der Waals surface area contributed by atoms with E-state index in [1.807, 2.05) is 0 Å². The number of aromatic nitrogens is 1. The highest BCUT2D eigenvalue weighted by Gasteiger charge is 2.18. The molecule has 2 aromatic rings. The van der Waals surface area contributed by atoms with Crippen molar-refractivity contribution < 1.29 is 8.78 Å². The van der Waals surface area contributed by atoms with Gasteiger partial charge in [0.2, 0.25) is 0 Å². The lowest BCUT2D eigenvalue weighted by atomic mass is 10.1. The van der Waals surface area contributed by atoms with Crippen molar-refractivity contribution in [3.63, 3.8) is 0 Å². The molecule has 3 rings (SSSR count). The van der Waals surface area contributed by atoms with Crippen molar-refractivity contribution in [1.29, 1.82) is 0 Å². The average molecular weight is 281 g/mol. The van der Waals surface area contributed by atoms with Crippen LogP contribution in [-0.2, 0) is 0 Å². The lowest BCUT2D eigenvalue weighted by Crippen LogP contribution is -2.43. The molecule has 1 fully saturated rings. The van der Waals surface area contributed by atoms with E-state index in [-0.39, 0.29) is 5.56 Å². The van der Waals surface area contributed by atoms with Crippen LogP contribution < -0.4 is 10.2 Å². The quantitative estimate of drug-likeness (QED) is 0.916. The molecule has 0 aliphatic carbocycles. The molecule has 100 valence electrons. The Balaban J connectivity index is 1.92. The second kappa shape index (κ2) is 5.22. The van der Waals surface area contributed by atoms with Crippen molar-refractivity contribution in [2.24, 2.45) is 0 Å². The smallest absolute Gasteiger partial charge is 0.185 e. The Morgan fingerprint density at radius 1 is 1.16 bits per heavy atom. The molecule has 3 nitrogen and oxygen atoms in total. The maximum Gasteiger partial charge on any atom is 0.185 e. The topological polar surface area (TPSA) is 28.2 Å². The van der Waals surface area contributed by atoms with Gasteiger partial charge in [-0.3, -0.25) is 0 Å². The average Bonchev–Trinajstić information content (AvgIpc) is 2.89. The minimum absolute atomic E-state index is 0.0415. The Kier molecular flexibility index (Phi) is 3.44. The fraction of sp³-hybridized carbons (Fsp3) is 0.308. The van der Waals surface area contributed by atoms with E-state index in [1.165, 1.54) is 29.5 Å². The molecule has 1 aliphatic heterocycles. The zero-order valence-corrected chi connectivity index (χ0v) is 11.0. The number of halogens is 2. The van der Waals surface area contributed by atoms with Gasteiger partial charge in [-0.1, -0.05) is 6.07 Å². The van der Waals surface area contributed by atoms with Crippen molar-refractivity contribution in [1.82, 2.24) is 10.3 Å². The Hall–Kier alpha value is -1.53. The van der Waals surface area contributed by atoms with Gasteiger partial charge >= 0.3 is 0 Å². The van der Waals surface area contributed by atoms with Gasteiger partial charge in [0.15, 0.2) is 5.13 Å². The van der Waals surface area contributed by atoms with Crippen LogP contribution in [0.1, 0.15) is 0 Å². The van der Waals surface area contributed by atoms with Gasteiger partial charge in [0.25, 0.3) is 0 Å². The molecular weight excluding hydrogens is 268 g/mol. The first-order valence-corrected chi connectivity index (χ1v) is 6.99. The minimum atomic E-state index is -0.572. The Morgan fingerprint density at radius 2 is 1.84 bits per heavy atom. The molecule has 0 amide bonds. The summed E-state index contributed by atoms with van der Waals surface area (Å²) < 4.78 is 27.4. The highest BCUT2D eigenvalue weighted by atomic mass is 32.1. The van der Waals surface area contributed by atoms with Gasteiger partial charge < -0.3 is 10.2 Å². The van der Waals surface area contributed by atoms with Crippen LogP contribution in [0.25, 0.3) is 11.3 Å². The van der Waals surface area contributed by atoms with E-state index in [1.54, 1.807) is 5.38 Å². The molecule has 1 saturated heterocycles. The number of rotatable bonds is 2. The first-order chi connectivity index (χ1) is 9.25. The second-order valence-electron chi connectivity index (χ2n) is 4.35. The first-order valence-electron chi connectivity index (χ1n) is 6.11. The van der Waals surface area contributed by atoms with Crippen LogP contribution in [0.3, 0.4) is 0 Å². The second-order valence-corrected chi connectivity index (χ2v) is 5.19. The van der Waals surface area contributed by atoms with Gasteiger partial charge in [0, 0.05) is 31.6 Å². The van der Waals surface area contributed by atoms with Crippen LogP contribution in [0.5, 0.6) is 0 Å². The summed E-state index contributed by atoms with van der Waals surface area (Å²) in [6.45, 7) is 3.55. The molecule has 0 spiro atoms. The number of thiazole rings is 1. The van der Waals surface area contributed by atoms with E-state index in [2.05, 4.69) is 15.2 Å². The third-order valence-corrected chi connectivity index (χ3v) is 4.00. The normalized spacial score (nSPS) is 15.8. The largest absolute Gasteiger partial charge is 0.346 e. The summed E-state index contributed by atoms with van der Waals surface area (Å²) in [6.07, 6.45) is 0. The van der Waals surface area contributed by atoms with Crippen molar-refractivity contribution >= 4 is 16.5 Å². The molecule has 1 aromatic carbocycles. The molecule has 19 heavy (non-hydrogen) atoms. The van der Waals surface area contributed by atoms with Crippen LogP contribution >= 0.6 is 11.3 Å². The predicted molar refractivity (Wildman–Crippen MR) is 72.5 cm³/mol. The molecule has 0 bridgehead atoms. The van der Waals surface area contributed by atoms with Gasteiger partial charge in [-0.25, -0.2) is 13.8 Å². The molecule has 0 atom stereocenters. The monoisotopic (exact) mass is 281 g/mol. The summed E-state index contributed by atoms with van der Waals surface area (Å²) >= 11 is 1.42. The molecule has 1 N–H and O–H groups in total. The lowest BCUT2D eigenvalue weighted by molar-refractivity contribution is 0.585. The molecule has 1 aromatic heterocycles. The standard InChI is InChI=1S/C13H13F2N3S/c14-9-2-1-3-10(15)12(9)11-8-19-13(17-11)18-6-4-16-5-7-18/h1-3,8,16H,4-7H2. The molecule has 1 aliphatic rings. The maximum absolute atomic E-state index is 13.7. The van der Waals surface area contributed by atoms with Crippen molar-refractivity contribution in [3.05, 3.63) is 35.2 Å². The van der Waals surface area contributed by atoms with Gasteiger partial charge in [-0.15, -0.1) is 11.3 Å². The van der Waals surface area contributed by atoms with Gasteiger partial charge in [-0.05, 0) is 12.1 Å². The Labute approximate surface area is 113 Å². The van der Waals surface area contributed by atoms with Crippen LogP contribution in [0.15, 0.2) is 23.6 Å². The summed E-state index contributed by atoms with van der Waals surface area (Å²) in [7, 11) is 0. The third kappa shape index (κ3) is 2.46. The number of hydrogen-bond acceptors (Lipinski definition) is 4. The molecule has 0 saturated carbocycles. The van der Waals surface area contributed by atoms with Crippen LogP contribution in [0.2, 0.25) is 0 Å². The molecule has 0 radical (unpaired) electrons. The number of nitrogens with one attached hydrogen (secondary N) is 1. The van der Waals surface area contributed by atoms with Crippen LogP contribution in [-0.4, -0.2) is 31.2 Å². The van der Waals surface area contributed by atoms with E-state index in [9.17, 15) is 8.78 Å². The third-order valence-electron chi connectivity index (χ3n) is 3.10. The minimum Gasteiger partial charge on any atom is -0.346 e. The number of hydrogen-bond donors (Lipinski definition) is 1. The molecule has 6 heteroatoms. The zero-order chi connectivity index (χ0) is 13.2. The van der Waals surface area contributed by atoms with Gasteiger partial charge in [-0.2, -0.15) is 0 Å². The fourth-order valence-corrected chi connectivity index (χ4v) is 2.99. The summed E-state index contributed by atoms with van der Waals surface area (Å²) in [5, 5.41) is 5.78. The van der Waals surface area contributed by atoms with Crippen molar-refractivity contribution in [2.75, 3.05) is 31.1 Å². The highest BCUT2D eigenvalue weighted by Crippen LogP contribution is 2.30. The van der Waals surface area contributed by atoms with Crippen LogP contribution in [0, 0.1) is 11.6 Å². The van der Waals surface area contributed by atoms with Crippen molar-refractivity contribution in [3.8, 4) is 11.3 Å². The first kappa shape index (κ1) is 12.5. The van der Waals surface area contributed by atoms with Gasteiger partial charge in [0.05, 0.1) is 11.3 Å². The molecule has 0 unspecified atom stereocenters. The van der Waals surface area contributed by atoms with E-state index in [4.69, 9.17) is 0 Å². The Morgan fingerprint density at radius 3 is 2.53 bits per heavy atom. The summed E-state index contributed by atoms with van der Waals surface area (Å²) in [6, 6.07) is 3.86. The Bertz CT molecular complexity index is 559. The number of nitrogens with zero attached hydrogens (tertiary/aromatic N) is 2. The summed E-state index contributed by atoms with van der Waals surface area (Å²) in [5.74, 6) is -1.14. The van der Waals surface area contributed by atoms with E-state index >= 15 is 0 Å². The van der Waals surface area contributed by atoms with E-state index < -0.39 is 11.6 Å². The predicted octanol–water partition coefficient (Wildman–Crippen LogP) is 2.50. The maximum atomic E-state index is 13.7. The van der Waals surface area contributed by atoms with Gasteiger partial charge in [0.1, 0.15) is 11.6 Å². The summed E-state index contributed by atoms with van der Waals surface area (Å²) in [4.78, 5) is 6.49. The lowest BCUT2D eigenvalue weighted by Gasteiger charge is -2.26. The number of anilines is 1. The molecule has 2 heterocycles.